The Morgan fingerprint density at radius 3 is 2.71 bits per heavy atom. The van der Waals surface area contributed by atoms with Crippen LogP contribution in [0.1, 0.15) is 12.0 Å². The fourth-order valence-electron chi connectivity index (χ4n) is 2.16. The number of halogens is 3. The Morgan fingerprint density at radius 1 is 1.35 bits per heavy atom. The standard InChI is InChI=1S/C11H15BF3N2/c13-12(14,15)10-3-1-2-9(6-10)7-17-5-4-11(16)8-17/h1-3,6,11H,4-5,7-8,16H2/q-1/t11-/m0/s1. The minimum Gasteiger partial charge on any atom is -0.445 e. The molecule has 1 heterocycles. The molecule has 0 saturated carbocycles. The van der Waals surface area contributed by atoms with Crippen LogP contribution in [0.3, 0.4) is 0 Å². The van der Waals surface area contributed by atoms with Crippen LogP contribution in [-0.4, -0.2) is 31.0 Å². The summed E-state index contributed by atoms with van der Waals surface area (Å²) in [5, 5.41) is 0. The molecule has 1 aromatic rings. The fourth-order valence-corrected chi connectivity index (χ4v) is 2.16. The first-order chi connectivity index (χ1) is 7.95. The van der Waals surface area contributed by atoms with Crippen molar-refractivity contribution in [2.24, 2.45) is 5.73 Å². The summed E-state index contributed by atoms with van der Waals surface area (Å²) < 4.78 is 37.7. The SMILES string of the molecule is N[C@H]1CCN(Cc2cccc([B-](F)(F)F)c2)C1. The maximum absolute atomic E-state index is 12.6. The van der Waals surface area contributed by atoms with Gasteiger partial charge in [0.25, 0.3) is 0 Å². The van der Waals surface area contributed by atoms with Crippen LogP contribution < -0.4 is 11.2 Å². The lowest BCUT2D eigenvalue weighted by Crippen LogP contribution is -2.34. The predicted octanol–water partition coefficient (Wildman–Crippen LogP) is 1.27. The molecular formula is C11H15BF3N2-. The number of rotatable bonds is 3. The molecule has 6 heteroatoms. The van der Waals surface area contributed by atoms with Gasteiger partial charge in [0.1, 0.15) is 0 Å². The van der Waals surface area contributed by atoms with Crippen molar-refractivity contribution in [3.63, 3.8) is 0 Å². The fraction of sp³-hybridized carbons (Fsp3) is 0.455. The van der Waals surface area contributed by atoms with Crippen molar-refractivity contribution in [1.82, 2.24) is 4.90 Å². The minimum atomic E-state index is -4.90. The van der Waals surface area contributed by atoms with E-state index in [-0.39, 0.29) is 6.04 Å². The van der Waals surface area contributed by atoms with Gasteiger partial charge in [0.05, 0.1) is 0 Å². The highest BCUT2D eigenvalue weighted by atomic mass is 19.4. The molecule has 2 rings (SSSR count). The van der Waals surface area contributed by atoms with E-state index in [1.165, 1.54) is 12.1 Å². The predicted molar refractivity (Wildman–Crippen MR) is 63.0 cm³/mol. The first-order valence-corrected chi connectivity index (χ1v) is 5.72. The highest BCUT2D eigenvalue weighted by molar-refractivity contribution is 6.73. The third-order valence-electron chi connectivity index (χ3n) is 3.04. The molecule has 0 radical (unpaired) electrons. The monoisotopic (exact) mass is 243 g/mol. The molecule has 0 amide bonds. The molecule has 2 nitrogen and oxygen atoms in total. The van der Waals surface area contributed by atoms with Gasteiger partial charge in [-0.2, -0.15) is 0 Å². The highest BCUT2D eigenvalue weighted by Gasteiger charge is 2.26. The van der Waals surface area contributed by atoms with Crippen molar-refractivity contribution in [2.75, 3.05) is 13.1 Å². The van der Waals surface area contributed by atoms with E-state index in [2.05, 4.69) is 4.90 Å². The Balaban J connectivity index is 2.06. The molecule has 1 saturated heterocycles. The summed E-state index contributed by atoms with van der Waals surface area (Å²) in [7, 11) is 0. The van der Waals surface area contributed by atoms with E-state index < -0.39 is 12.4 Å². The van der Waals surface area contributed by atoms with E-state index in [1.807, 2.05) is 0 Å². The molecule has 17 heavy (non-hydrogen) atoms. The van der Waals surface area contributed by atoms with Crippen LogP contribution in [-0.2, 0) is 6.54 Å². The molecule has 1 aliphatic heterocycles. The van der Waals surface area contributed by atoms with Crippen LogP contribution in [0, 0.1) is 0 Å². The third-order valence-corrected chi connectivity index (χ3v) is 3.04. The Hall–Kier alpha value is -1.01. The molecule has 0 bridgehead atoms. The van der Waals surface area contributed by atoms with E-state index in [1.54, 1.807) is 6.07 Å². The van der Waals surface area contributed by atoms with Gasteiger partial charge in [-0.1, -0.05) is 24.3 Å². The number of benzene rings is 1. The van der Waals surface area contributed by atoms with Crippen molar-refractivity contribution >= 4 is 12.4 Å². The maximum atomic E-state index is 12.6. The largest absolute Gasteiger partial charge is 0.509 e. The van der Waals surface area contributed by atoms with Crippen LogP contribution in [0.2, 0.25) is 0 Å². The van der Waals surface area contributed by atoms with Crippen LogP contribution in [0.15, 0.2) is 24.3 Å². The normalized spacial score (nSPS) is 22.0. The lowest BCUT2D eigenvalue weighted by atomic mass is 9.79. The Kier molecular flexibility index (Phi) is 3.44. The van der Waals surface area contributed by atoms with E-state index in [0.717, 1.165) is 25.6 Å². The van der Waals surface area contributed by atoms with E-state index in [0.29, 0.717) is 12.1 Å². The number of hydrogen-bond donors (Lipinski definition) is 1. The second-order valence-corrected chi connectivity index (χ2v) is 4.60. The average Bonchev–Trinajstić information content (AvgIpc) is 2.63. The summed E-state index contributed by atoms with van der Waals surface area (Å²) in [6.45, 7) is -2.72. The first-order valence-electron chi connectivity index (χ1n) is 5.72. The zero-order valence-corrected chi connectivity index (χ0v) is 9.45. The van der Waals surface area contributed by atoms with Gasteiger partial charge in [-0.05, 0) is 12.0 Å². The van der Waals surface area contributed by atoms with E-state index >= 15 is 0 Å². The van der Waals surface area contributed by atoms with Gasteiger partial charge in [-0.3, -0.25) is 4.90 Å². The molecule has 2 N–H and O–H groups in total. The van der Waals surface area contributed by atoms with Gasteiger partial charge < -0.3 is 18.7 Å². The molecule has 0 unspecified atom stereocenters. The van der Waals surface area contributed by atoms with E-state index in [9.17, 15) is 12.9 Å². The first kappa shape index (κ1) is 12.5. The number of hydrogen-bond acceptors (Lipinski definition) is 2. The van der Waals surface area contributed by atoms with Crippen molar-refractivity contribution in [3.8, 4) is 0 Å². The lowest BCUT2D eigenvalue weighted by molar-refractivity contribution is 0.327. The average molecular weight is 243 g/mol. The minimum absolute atomic E-state index is 0.157. The van der Waals surface area contributed by atoms with Crippen LogP contribution in [0.25, 0.3) is 0 Å². The summed E-state index contributed by atoms with van der Waals surface area (Å²) >= 11 is 0. The molecule has 0 aliphatic carbocycles. The molecule has 1 aromatic carbocycles. The van der Waals surface area contributed by atoms with Crippen LogP contribution >= 0.6 is 0 Å². The van der Waals surface area contributed by atoms with Gasteiger partial charge in [-0.25, -0.2) is 0 Å². The van der Waals surface area contributed by atoms with E-state index in [4.69, 9.17) is 5.73 Å². The number of nitrogens with zero attached hydrogens (tertiary/aromatic N) is 1. The Labute approximate surface area is 98.7 Å². The van der Waals surface area contributed by atoms with Gasteiger partial charge in [0.15, 0.2) is 0 Å². The van der Waals surface area contributed by atoms with Gasteiger partial charge in [0, 0.05) is 25.7 Å². The zero-order chi connectivity index (χ0) is 12.5. The number of likely N-dealkylation sites (tertiary alicyclic amines) is 1. The maximum Gasteiger partial charge on any atom is 0.509 e. The second-order valence-electron chi connectivity index (χ2n) is 4.60. The smallest absolute Gasteiger partial charge is 0.445 e. The molecular weight excluding hydrogens is 228 g/mol. The second kappa shape index (κ2) is 4.70. The number of nitrogens with two attached hydrogens (primary N) is 1. The molecule has 94 valence electrons. The molecule has 1 aliphatic rings. The summed E-state index contributed by atoms with van der Waals surface area (Å²) in [6, 6.07) is 5.72. The third kappa shape index (κ3) is 3.23. The quantitative estimate of drug-likeness (QED) is 0.810. The van der Waals surface area contributed by atoms with Crippen LogP contribution in [0.5, 0.6) is 0 Å². The van der Waals surface area contributed by atoms with Gasteiger partial charge >= 0.3 is 6.98 Å². The zero-order valence-electron chi connectivity index (χ0n) is 9.45. The van der Waals surface area contributed by atoms with Crippen molar-refractivity contribution in [3.05, 3.63) is 29.8 Å². The molecule has 0 spiro atoms. The molecule has 0 aromatic heterocycles. The molecule has 1 fully saturated rings. The van der Waals surface area contributed by atoms with Crippen LogP contribution in [0.4, 0.5) is 12.9 Å². The Morgan fingerprint density at radius 2 is 2.12 bits per heavy atom. The molecule has 1 atom stereocenters. The van der Waals surface area contributed by atoms with Crippen molar-refractivity contribution in [1.29, 1.82) is 0 Å². The van der Waals surface area contributed by atoms with Gasteiger partial charge in [-0.15, -0.1) is 5.46 Å². The van der Waals surface area contributed by atoms with Gasteiger partial charge in [0.2, 0.25) is 0 Å². The summed E-state index contributed by atoms with van der Waals surface area (Å²) in [4.78, 5) is 2.09. The Bertz CT molecular complexity index is 395. The summed E-state index contributed by atoms with van der Waals surface area (Å²) in [5.74, 6) is 0. The lowest BCUT2D eigenvalue weighted by Gasteiger charge is -2.19. The van der Waals surface area contributed by atoms with Crippen molar-refractivity contribution < 1.29 is 12.9 Å². The highest BCUT2D eigenvalue weighted by Crippen LogP contribution is 2.14. The topological polar surface area (TPSA) is 29.3 Å². The summed E-state index contributed by atoms with van der Waals surface area (Å²) in [6.07, 6.45) is 0.920. The van der Waals surface area contributed by atoms with Crippen molar-refractivity contribution in [2.45, 2.75) is 19.0 Å². The summed E-state index contributed by atoms with van der Waals surface area (Å²) in [5.41, 5.74) is 5.94.